The quantitative estimate of drug-likeness (QED) is 0.209. The number of halogens is 2. The third kappa shape index (κ3) is 5.23. The van der Waals surface area contributed by atoms with Crippen LogP contribution in [0.2, 0.25) is 5.02 Å². The summed E-state index contributed by atoms with van der Waals surface area (Å²) < 4.78 is 13.6. The molecule has 0 bridgehead atoms. The Morgan fingerprint density at radius 3 is 2.26 bits per heavy atom. The van der Waals surface area contributed by atoms with Gasteiger partial charge in [-0.05, 0) is 71.3 Å². The first-order valence-corrected chi connectivity index (χ1v) is 11.7. The van der Waals surface area contributed by atoms with Crippen LogP contribution >= 0.6 is 11.6 Å². The Bertz CT molecular complexity index is 1380. The average molecular weight is 481 g/mol. The number of allylic oxidation sites excluding steroid dienone is 1. The van der Waals surface area contributed by atoms with Crippen molar-refractivity contribution in [2.24, 2.45) is 5.10 Å². The predicted molar refractivity (Wildman–Crippen MR) is 140 cm³/mol. The van der Waals surface area contributed by atoms with Crippen molar-refractivity contribution in [1.29, 1.82) is 0 Å². The highest BCUT2D eigenvalue weighted by Gasteiger charge is 2.29. The van der Waals surface area contributed by atoms with Gasteiger partial charge < -0.3 is 0 Å². The van der Waals surface area contributed by atoms with Crippen LogP contribution in [0.15, 0.2) is 114 Å². The summed E-state index contributed by atoms with van der Waals surface area (Å²) in [5, 5.41) is 7.52. The summed E-state index contributed by atoms with van der Waals surface area (Å²) in [5.41, 5.74) is 5.47. The zero-order valence-corrected chi connectivity index (χ0v) is 19.6. The van der Waals surface area contributed by atoms with Crippen LogP contribution in [-0.4, -0.2) is 11.5 Å². The lowest BCUT2D eigenvalue weighted by Gasteiger charge is -2.24. The minimum atomic E-state index is -0.258. The van der Waals surface area contributed by atoms with Gasteiger partial charge in [-0.15, -0.1) is 0 Å². The van der Waals surface area contributed by atoms with Crippen molar-refractivity contribution in [3.05, 3.63) is 142 Å². The third-order valence-electron chi connectivity index (χ3n) is 5.99. The van der Waals surface area contributed by atoms with E-state index in [1.54, 1.807) is 36.4 Å². The van der Waals surface area contributed by atoms with Crippen molar-refractivity contribution in [1.82, 2.24) is 0 Å². The van der Waals surface area contributed by atoms with Gasteiger partial charge in [0.1, 0.15) is 5.82 Å². The maximum atomic E-state index is 13.6. The largest absolute Gasteiger partial charge is 0.289 e. The number of hydrogen-bond acceptors (Lipinski definition) is 3. The molecular formula is C30H22ClFN2O. The average Bonchev–Trinajstić information content (AvgIpc) is 3.34. The summed E-state index contributed by atoms with van der Waals surface area (Å²) in [6.07, 6.45) is 4.06. The van der Waals surface area contributed by atoms with Gasteiger partial charge in [-0.2, -0.15) is 5.10 Å². The zero-order chi connectivity index (χ0) is 24.2. The van der Waals surface area contributed by atoms with Crippen molar-refractivity contribution < 1.29 is 9.18 Å². The zero-order valence-electron chi connectivity index (χ0n) is 18.8. The van der Waals surface area contributed by atoms with Crippen molar-refractivity contribution in [3.8, 4) is 0 Å². The highest BCUT2D eigenvalue weighted by molar-refractivity contribution is 6.30. The summed E-state index contributed by atoms with van der Waals surface area (Å²) in [6, 6.07) is 31.4. The SMILES string of the molecule is O=C(/C=C/c1ccc(N2N=C(c3ccccc3)C[C@H]2c2ccc(F)cc2)cc1)c1ccc(Cl)cc1. The van der Waals surface area contributed by atoms with Gasteiger partial charge in [0.05, 0.1) is 17.4 Å². The summed E-state index contributed by atoms with van der Waals surface area (Å²) in [5.74, 6) is -0.342. The fourth-order valence-corrected chi connectivity index (χ4v) is 4.24. The Labute approximate surface area is 208 Å². The van der Waals surface area contributed by atoms with Crippen LogP contribution < -0.4 is 5.01 Å². The van der Waals surface area contributed by atoms with Gasteiger partial charge in [-0.3, -0.25) is 9.80 Å². The molecule has 172 valence electrons. The topological polar surface area (TPSA) is 32.7 Å². The number of nitrogens with zero attached hydrogens (tertiary/aromatic N) is 2. The maximum absolute atomic E-state index is 13.6. The molecule has 0 radical (unpaired) electrons. The van der Waals surface area contributed by atoms with E-state index in [0.29, 0.717) is 17.0 Å². The van der Waals surface area contributed by atoms with Gasteiger partial charge in [0, 0.05) is 17.0 Å². The van der Waals surface area contributed by atoms with Crippen molar-refractivity contribution in [2.45, 2.75) is 12.5 Å². The van der Waals surface area contributed by atoms with E-state index in [2.05, 4.69) is 12.1 Å². The van der Waals surface area contributed by atoms with Crippen LogP contribution in [0.5, 0.6) is 0 Å². The molecule has 0 fully saturated rings. The number of anilines is 1. The van der Waals surface area contributed by atoms with Crippen molar-refractivity contribution in [2.75, 3.05) is 5.01 Å². The molecule has 0 N–H and O–H groups in total. The van der Waals surface area contributed by atoms with Gasteiger partial charge in [0.15, 0.2) is 5.78 Å². The highest BCUT2D eigenvalue weighted by atomic mass is 35.5. The molecule has 1 atom stereocenters. The van der Waals surface area contributed by atoms with E-state index in [4.69, 9.17) is 16.7 Å². The number of hydrogen-bond donors (Lipinski definition) is 0. The monoisotopic (exact) mass is 480 g/mol. The van der Waals surface area contributed by atoms with Crippen LogP contribution in [0.4, 0.5) is 10.1 Å². The highest BCUT2D eigenvalue weighted by Crippen LogP contribution is 2.36. The molecule has 0 unspecified atom stereocenters. The lowest BCUT2D eigenvalue weighted by atomic mass is 9.98. The predicted octanol–water partition coefficient (Wildman–Crippen LogP) is 7.73. The molecule has 0 spiro atoms. The number of benzene rings is 4. The van der Waals surface area contributed by atoms with Gasteiger partial charge in [-0.25, -0.2) is 4.39 Å². The minimum absolute atomic E-state index is 0.0429. The van der Waals surface area contributed by atoms with E-state index >= 15 is 0 Å². The molecule has 5 rings (SSSR count). The van der Waals surface area contributed by atoms with Crippen LogP contribution in [-0.2, 0) is 0 Å². The Hall–Kier alpha value is -4.02. The first-order valence-electron chi connectivity index (χ1n) is 11.3. The standard InChI is InChI=1S/C30H22ClFN2O/c31-25-13-9-24(10-14-25)30(35)19-8-21-6-17-27(18-7-21)34-29(23-11-15-26(32)16-12-23)20-28(33-34)22-4-2-1-3-5-22/h1-19,29H,20H2/b19-8+/t29-/m0/s1. The molecule has 0 aliphatic carbocycles. The number of carbonyl (C=O) groups excluding carboxylic acids is 1. The summed E-state index contributed by atoms with van der Waals surface area (Å²) in [7, 11) is 0. The molecular weight excluding hydrogens is 459 g/mol. The second-order valence-corrected chi connectivity index (χ2v) is 8.76. The van der Waals surface area contributed by atoms with Gasteiger partial charge in [0.25, 0.3) is 0 Å². The normalized spacial score (nSPS) is 15.4. The van der Waals surface area contributed by atoms with Crippen molar-refractivity contribution >= 4 is 34.9 Å². The summed E-state index contributed by atoms with van der Waals surface area (Å²) in [4.78, 5) is 12.4. The molecule has 4 aromatic rings. The lowest BCUT2D eigenvalue weighted by Crippen LogP contribution is -2.18. The molecule has 0 saturated carbocycles. The molecule has 5 heteroatoms. The molecule has 0 aromatic heterocycles. The second-order valence-electron chi connectivity index (χ2n) is 8.32. The van der Waals surface area contributed by atoms with Crippen LogP contribution in [0.3, 0.4) is 0 Å². The summed E-state index contributed by atoms with van der Waals surface area (Å²) >= 11 is 5.90. The van der Waals surface area contributed by atoms with E-state index in [1.807, 2.05) is 59.6 Å². The van der Waals surface area contributed by atoms with Crippen LogP contribution in [0.1, 0.15) is 39.5 Å². The first kappa shape index (κ1) is 22.8. The molecule has 35 heavy (non-hydrogen) atoms. The van der Waals surface area contributed by atoms with E-state index in [9.17, 15) is 9.18 Å². The van der Waals surface area contributed by atoms with Crippen molar-refractivity contribution in [3.63, 3.8) is 0 Å². The maximum Gasteiger partial charge on any atom is 0.185 e. The van der Waals surface area contributed by atoms with Gasteiger partial charge in [-0.1, -0.05) is 72.3 Å². The van der Waals surface area contributed by atoms with Gasteiger partial charge >= 0.3 is 0 Å². The Kier molecular flexibility index (Phi) is 6.55. The smallest absolute Gasteiger partial charge is 0.185 e. The third-order valence-corrected chi connectivity index (χ3v) is 6.24. The second kappa shape index (κ2) is 10.1. The van der Waals surface area contributed by atoms with Gasteiger partial charge in [0.2, 0.25) is 0 Å². The number of carbonyl (C=O) groups is 1. The summed E-state index contributed by atoms with van der Waals surface area (Å²) in [6.45, 7) is 0. The molecule has 1 aliphatic rings. The Balaban J connectivity index is 1.39. The minimum Gasteiger partial charge on any atom is -0.289 e. The van der Waals surface area contributed by atoms with E-state index in [0.717, 1.165) is 28.1 Å². The fourth-order valence-electron chi connectivity index (χ4n) is 4.12. The van der Waals surface area contributed by atoms with Crippen LogP contribution in [0.25, 0.3) is 6.08 Å². The Morgan fingerprint density at radius 1 is 0.886 bits per heavy atom. The van der Waals surface area contributed by atoms with E-state index < -0.39 is 0 Å². The van der Waals surface area contributed by atoms with E-state index in [-0.39, 0.29) is 17.6 Å². The molecule has 1 aliphatic heterocycles. The van der Waals surface area contributed by atoms with Crippen LogP contribution in [0, 0.1) is 5.82 Å². The number of hydrazone groups is 1. The number of ketones is 1. The lowest BCUT2D eigenvalue weighted by molar-refractivity contribution is 0.104. The van der Waals surface area contributed by atoms with E-state index in [1.165, 1.54) is 12.1 Å². The Morgan fingerprint density at radius 2 is 1.57 bits per heavy atom. The fraction of sp³-hybridized carbons (Fsp3) is 0.0667. The molecule has 3 nitrogen and oxygen atoms in total. The molecule has 0 saturated heterocycles. The molecule has 0 amide bonds. The molecule has 4 aromatic carbocycles. The first-order chi connectivity index (χ1) is 17.1. The number of rotatable bonds is 6. The molecule has 1 heterocycles.